The summed E-state index contributed by atoms with van der Waals surface area (Å²) in [5, 5.41) is 0. The van der Waals surface area contributed by atoms with E-state index < -0.39 is 0 Å². The predicted octanol–water partition coefficient (Wildman–Crippen LogP) is 5.23. The topological polar surface area (TPSA) is 12.4 Å². The Bertz CT molecular complexity index is 478. The van der Waals surface area contributed by atoms with Crippen molar-refractivity contribution in [2.45, 2.75) is 34.0 Å². The maximum absolute atomic E-state index is 4.50. The highest BCUT2D eigenvalue weighted by molar-refractivity contribution is 6.05. The van der Waals surface area contributed by atoms with E-state index in [9.17, 15) is 0 Å². The molecule has 0 fully saturated rings. The Hall–Kier alpha value is -1.83. The molecule has 0 saturated carbocycles. The molecule has 104 valence electrons. The average Bonchev–Trinajstić information content (AvgIpc) is 2.58. The van der Waals surface area contributed by atoms with Gasteiger partial charge in [0.15, 0.2) is 0 Å². The average molecular weight is 265 g/mol. The van der Waals surface area contributed by atoms with Gasteiger partial charge in [0, 0.05) is 6.21 Å². The summed E-state index contributed by atoms with van der Waals surface area (Å²) in [6.07, 6.45) is 2.95. The molecule has 0 amide bonds. The minimum atomic E-state index is 1.02. The van der Waals surface area contributed by atoms with Gasteiger partial charge in [-0.25, -0.2) is 0 Å². The summed E-state index contributed by atoms with van der Waals surface area (Å²) in [6.45, 7) is 7.65. The monoisotopic (exact) mass is 265 g/mol. The molecule has 20 heavy (non-hydrogen) atoms. The van der Waals surface area contributed by atoms with Crippen LogP contribution in [0.1, 0.15) is 31.9 Å². The predicted molar refractivity (Wildman–Crippen MR) is 92.5 cm³/mol. The van der Waals surface area contributed by atoms with Crippen LogP contribution in [0, 0.1) is 0 Å². The van der Waals surface area contributed by atoms with Crippen molar-refractivity contribution in [1.82, 2.24) is 0 Å². The molecule has 0 saturated heterocycles. The van der Waals surface area contributed by atoms with E-state index in [1.165, 1.54) is 12.4 Å². The summed E-state index contributed by atoms with van der Waals surface area (Å²) in [7, 11) is 4.50. The Balaban J connectivity index is 0.000000829. The standard InChI is InChI=1S/C15H15N.C2H6.CH3B/c1-2-13-9-6-10-15(11-13)16-12-14-7-4-3-5-8-14;2*1-2/h3-12H,2H2,1H3;1-2H3;1H3. The minimum absolute atomic E-state index is 1.02. The first-order valence-corrected chi connectivity index (χ1v) is 7.14. The van der Waals surface area contributed by atoms with Crippen LogP contribution in [0.3, 0.4) is 0 Å². The van der Waals surface area contributed by atoms with Gasteiger partial charge in [-0.1, -0.05) is 70.1 Å². The maximum atomic E-state index is 4.50. The number of aryl methyl sites for hydroxylation is 1. The Morgan fingerprint density at radius 1 is 0.950 bits per heavy atom. The van der Waals surface area contributed by atoms with Gasteiger partial charge in [-0.15, -0.1) is 0 Å². The summed E-state index contributed by atoms with van der Waals surface area (Å²) < 4.78 is 0. The van der Waals surface area contributed by atoms with Gasteiger partial charge in [0.2, 0.25) is 0 Å². The van der Waals surface area contributed by atoms with E-state index in [4.69, 9.17) is 0 Å². The van der Waals surface area contributed by atoms with Crippen LogP contribution in [0.15, 0.2) is 59.6 Å². The van der Waals surface area contributed by atoms with E-state index >= 15 is 0 Å². The van der Waals surface area contributed by atoms with Gasteiger partial charge in [-0.05, 0) is 29.7 Å². The van der Waals surface area contributed by atoms with Crippen LogP contribution < -0.4 is 0 Å². The lowest BCUT2D eigenvalue weighted by molar-refractivity contribution is 1.14. The van der Waals surface area contributed by atoms with Gasteiger partial charge in [-0.3, -0.25) is 4.99 Å². The highest BCUT2D eigenvalue weighted by Gasteiger charge is 1.91. The normalized spacial score (nSPS) is 9.20. The summed E-state index contributed by atoms with van der Waals surface area (Å²) >= 11 is 0. The quantitative estimate of drug-likeness (QED) is 0.532. The van der Waals surface area contributed by atoms with Crippen molar-refractivity contribution < 1.29 is 0 Å². The minimum Gasteiger partial charge on any atom is -0.256 e. The molecular formula is C18H24BN. The van der Waals surface area contributed by atoms with Crippen molar-refractivity contribution in [3.05, 3.63) is 65.7 Å². The van der Waals surface area contributed by atoms with Crippen LogP contribution in [0.25, 0.3) is 0 Å². The maximum Gasteiger partial charge on any atom is 0.0632 e. The molecule has 0 aliphatic heterocycles. The Kier molecular flexibility index (Phi) is 11.1. The van der Waals surface area contributed by atoms with E-state index in [-0.39, 0.29) is 0 Å². The van der Waals surface area contributed by atoms with Gasteiger partial charge in [-0.2, -0.15) is 0 Å². The van der Waals surface area contributed by atoms with Gasteiger partial charge in [0.25, 0.3) is 0 Å². The van der Waals surface area contributed by atoms with E-state index in [2.05, 4.69) is 38.0 Å². The summed E-state index contributed by atoms with van der Waals surface area (Å²) in [5.41, 5.74) is 3.47. The SMILES string of the molecule is CC.CCc1cccc(N=Cc2ccccc2)c1.[B]C. The van der Waals surface area contributed by atoms with Gasteiger partial charge in [0.05, 0.1) is 13.5 Å². The van der Waals surface area contributed by atoms with Crippen LogP contribution in [0.4, 0.5) is 5.69 Å². The van der Waals surface area contributed by atoms with Crippen molar-refractivity contribution in [3.8, 4) is 0 Å². The molecule has 0 heterocycles. The molecule has 0 atom stereocenters. The van der Waals surface area contributed by atoms with Crippen molar-refractivity contribution in [3.63, 3.8) is 0 Å². The molecule has 2 rings (SSSR count). The fraction of sp³-hybridized carbons (Fsp3) is 0.278. The van der Waals surface area contributed by atoms with Crippen molar-refractivity contribution in [2.75, 3.05) is 0 Å². The largest absolute Gasteiger partial charge is 0.256 e. The lowest BCUT2D eigenvalue weighted by Gasteiger charge is -1.98. The lowest BCUT2D eigenvalue weighted by Crippen LogP contribution is -1.80. The highest BCUT2D eigenvalue weighted by Crippen LogP contribution is 2.14. The number of nitrogens with zero attached hydrogens (tertiary/aromatic N) is 1. The third-order valence-corrected chi connectivity index (χ3v) is 2.48. The molecule has 2 heteroatoms. The second-order valence-electron chi connectivity index (χ2n) is 3.69. The molecule has 0 bridgehead atoms. The third kappa shape index (κ3) is 6.94. The number of hydrogen-bond acceptors (Lipinski definition) is 1. The second kappa shape index (κ2) is 12.2. The molecule has 2 aromatic rings. The number of hydrogen-bond donors (Lipinski definition) is 0. The molecule has 0 spiro atoms. The first-order valence-electron chi connectivity index (χ1n) is 7.14. The smallest absolute Gasteiger partial charge is 0.0632 e. The molecule has 2 aromatic carbocycles. The number of benzene rings is 2. The van der Waals surface area contributed by atoms with Crippen LogP contribution in [-0.2, 0) is 6.42 Å². The fourth-order valence-electron chi connectivity index (χ4n) is 1.54. The zero-order valence-corrected chi connectivity index (χ0v) is 13.0. The van der Waals surface area contributed by atoms with E-state index in [0.29, 0.717) is 0 Å². The van der Waals surface area contributed by atoms with Crippen molar-refractivity contribution in [1.29, 1.82) is 0 Å². The number of rotatable bonds is 3. The van der Waals surface area contributed by atoms with Crippen LogP contribution in [0.5, 0.6) is 0 Å². The molecule has 0 aliphatic rings. The number of aliphatic imine (C=N–C) groups is 1. The van der Waals surface area contributed by atoms with E-state index in [1.807, 2.05) is 56.5 Å². The fourth-order valence-corrected chi connectivity index (χ4v) is 1.54. The summed E-state index contributed by atoms with van der Waals surface area (Å²) in [5.74, 6) is 0. The van der Waals surface area contributed by atoms with E-state index in [0.717, 1.165) is 17.7 Å². The van der Waals surface area contributed by atoms with Gasteiger partial charge < -0.3 is 0 Å². The van der Waals surface area contributed by atoms with Crippen LogP contribution in [-0.4, -0.2) is 14.1 Å². The van der Waals surface area contributed by atoms with Gasteiger partial charge >= 0.3 is 0 Å². The molecule has 2 radical (unpaired) electrons. The summed E-state index contributed by atoms with van der Waals surface area (Å²) in [4.78, 5) is 4.46. The third-order valence-electron chi connectivity index (χ3n) is 2.48. The molecule has 0 unspecified atom stereocenters. The zero-order chi connectivity index (χ0) is 15.2. The van der Waals surface area contributed by atoms with Gasteiger partial charge in [0.1, 0.15) is 0 Å². The zero-order valence-electron chi connectivity index (χ0n) is 13.0. The lowest BCUT2D eigenvalue weighted by atomic mass is 10.1. The molecular weight excluding hydrogens is 241 g/mol. The van der Waals surface area contributed by atoms with Crippen molar-refractivity contribution in [2.24, 2.45) is 4.99 Å². The van der Waals surface area contributed by atoms with Crippen molar-refractivity contribution >= 4 is 19.7 Å². The molecule has 0 N–H and O–H groups in total. The Labute approximate surface area is 125 Å². The molecule has 0 aliphatic carbocycles. The van der Waals surface area contributed by atoms with Crippen LogP contribution in [0.2, 0.25) is 6.82 Å². The van der Waals surface area contributed by atoms with E-state index in [1.54, 1.807) is 0 Å². The van der Waals surface area contributed by atoms with Crippen LogP contribution >= 0.6 is 0 Å². The first kappa shape index (κ1) is 18.2. The summed E-state index contributed by atoms with van der Waals surface area (Å²) in [6, 6.07) is 18.5. The second-order valence-corrected chi connectivity index (χ2v) is 3.69. The molecule has 1 nitrogen and oxygen atoms in total. The Morgan fingerprint density at radius 2 is 1.60 bits per heavy atom. The first-order chi connectivity index (χ1) is 9.88. The Morgan fingerprint density at radius 3 is 2.20 bits per heavy atom. The molecule has 0 aromatic heterocycles. The highest BCUT2D eigenvalue weighted by atomic mass is 14.7.